The highest BCUT2D eigenvalue weighted by molar-refractivity contribution is 5.94. The van der Waals surface area contributed by atoms with Crippen LogP contribution in [0.4, 0.5) is 0 Å². The van der Waals surface area contributed by atoms with Crippen molar-refractivity contribution in [2.24, 2.45) is 0 Å². The highest BCUT2D eigenvalue weighted by atomic mass is 16.6. The van der Waals surface area contributed by atoms with Crippen molar-refractivity contribution in [1.29, 1.82) is 0 Å². The van der Waals surface area contributed by atoms with Gasteiger partial charge in [-0.3, -0.25) is 4.79 Å². The van der Waals surface area contributed by atoms with E-state index in [0.717, 1.165) is 5.75 Å². The predicted octanol–water partition coefficient (Wildman–Crippen LogP) is 3.21. The topological polar surface area (TPSA) is 73.9 Å². The molecule has 27 heavy (non-hydrogen) atoms. The average molecular weight is 371 g/mol. The van der Waals surface area contributed by atoms with Crippen LogP contribution in [0.3, 0.4) is 0 Å². The van der Waals surface area contributed by atoms with Crippen LogP contribution in [0.15, 0.2) is 54.6 Å². The highest BCUT2D eigenvalue weighted by Gasteiger charge is 2.21. The Labute approximate surface area is 159 Å². The maximum atomic E-state index is 12.4. The van der Waals surface area contributed by atoms with Crippen LogP contribution in [-0.2, 0) is 9.53 Å². The van der Waals surface area contributed by atoms with E-state index in [1.165, 1.54) is 6.92 Å². The number of hydrogen-bond acceptors (Lipinski definition) is 5. The molecule has 2 aromatic rings. The van der Waals surface area contributed by atoms with Crippen molar-refractivity contribution in [2.75, 3.05) is 13.2 Å². The van der Waals surface area contributed by atoms with Gasteiger partial charge in [0.2, 0.25) is 0 Å². The molecule has 0 aliphatic rings. The molecule has 0 saturated carbocycles. The molecule has 0 aliphatic carbocycles. The SMILES string of the molecule is CC(C)NC(=O)C(C)OC(=O)c1ccccc1OCCOc1ccccc1. The van der Waals surface area contributed by atoms with Crippen LogP contribution in [0.1, 0.15) is 31.1 Å². The molecule has 0 aromatic heterocycles. The van der Waals surface area contributed by atoms with E-state index in [0.29, 0.717) is 12.4 Å². The molecule has 144 valence electrons. The smallest absolute Gasteiger partial charge is 0.342 e. The molecule has 2 aromatic carbocycles. The molecule has 1 N–H and O–H groups in total. The number of esters is 1. The van der Waals surface area contributed by atoms with Gasteiger partial charge in [0.1, 0.15) is 30.3 Å². The molecule has 6 heteroatoms. The maximum absolute atomic E-state index is 12.4. The number of carbonyl (C=O) groups excluding carboxylic acids is 2. The van der Waals surface area contributed by atoms with Gasteiger partial charge in [0.05, 0.1) is 0 Å². The van der Waals surface area contributed by atoms with Gasteiger partial charge in [-0.25, -0.2) is 4.79 Å². The van der Waals surface area contributed by atoms with Crippen molar-refractivity contribution >= 4 is 11.9 Å². The number of carbonyl (C=O) groups is 2. The molecule has 1 unspecified atom stereocenters. The van der Waals surface area contributed by atoms with Crippen LogP contribution in [0.25, 0.3) is 0 Å². The summed E-state index contributed by atoms with van der Waals surface area (Å²) in [7, 11) is 0. The van der Waals surface area contributed by atoms with Crippen molar-refractivity contribution in [3.63, 3.8) is 0 Å². The summed E-state index contributed by atoms with van der Waals surface area (Å²) in [5.41, 5.74) is 0.265. The largest absolute Gasteiger partial charge is 0.490 e. The number of rotatable bonds is 9. The molecule has 1 atom stereocenters. The number of amides is 1. The third-order valence-corrected chi connectivity index (χ3v) is 3.54. The lowest BCUT2D eigenvalue weighted by atomic mass is 10.2. The monoisotopic (exact) mass is 371 g/mol. The number of nitrogens with one attached hydrogen (secondary N) is 1. The van der Waals surface area contributed by atoms with E-state index in [2.05, 4.69) is 5.32 Å². The molecule has 0 heterocycles. The molecule has 2 rings (SSSR count). The summed E-state index contributed by atoms with van der Waals surface area (Å²) in [6.45, 7) is 5.82. The molecular weight excluding hydrogens is 346 g/mol. The highest BCUT2D eigenvalue weighted by Crippen LogP contribution is 2.20. The molecule has 0 bridgehead atoms. The summed E-state index contributed by atoms with van der Waals surface area (Å²) in [5, 5.41) is 2.71. The van der Waals surface area contributed by atoms with Crippen LogP contribution >= 0.6 is 0 Å². The molecule has 0 aliphatic heterocycles. The second kappa shape index (κ2) is 10.2. The molecule has 0 fully saturated rings. The van der Waals surface area contributed by atoms with Gasteiger partial charge in [-0.1, -0.05) is 30.3 Å². The Morgan fingerprint density at radius 2 is 1.52 bits per heavy atom. The van der Waals surface area contributed by atoms with Gasteiger partial charge in [0.15, 0.2) is 6.10 Å². The lowest BCUT2D eigenvalue weighted by Crippen LogP contribution is -2.39. The summed E-state index contributed by atoms with van der Waals surface area (Å²) < 4.78 is 16.5. The summed E-state index contributed by atoms with van der Waals surface area (Å²) in [6, 6.07) is 16.1. The van der Waals surface area contributed by atoms with Crippen molar-refractivity contribution in [1.82, 2.24) is 5.32 Å². The molecule has 0 radical (unpaired) electrons. The number of benzene rings is 2. The van der Waals surface area contributed by atoms with Gasteiger partial charge in [-0.2, -0.15) is 0 Å². The Morgan fingerprint density at radius 1 is 0.889 bits per heavy atom. The standard InChI is InChI=1S/C21H25NO5/c1-15(2)22-20(23)16(3)27-21(24)18-11-7-8-12-19(18)26-14-13-25-17-9-5-4-6-10-17/h4-12,15-16H,13-14H2,1-3H3,(H,22,23). The Hall–Kier alpha value is -3.02. The van der Waals surface area contributed by atoms with E-state index in [1.807, 2.05) is 44.2 Å². The summed E-state index contributed by atoms with van der Waals surface area (Å²) in [6.07, 6.45) is -0.894. The average Bonchev–Trinajstić information content (AvgIpc) is 2.65. The summed E-state index contributed by atoms with van der Waals surface area (Å²) in [5.74, 6) is 0.184. The van der Waals surface area contributed by atoms with Crippen LogP contribution in [0.2, 0.25) is 0 Å². The minimum atomic E-state index is -0.894. The zero-order valence-electron chi connectivity index (χ0n) is 15.8. The van der Waals surface area contributed by atoms with Gasteiger partial charge < -0.3 is 19.5 Å². The zero-order valence-corrected chi connectivity index (χ0v) is 15.8. The van der Waals surface area contributed by atoms with E-state index in [9.17, 15) is 9.59 Å². The summed E-state index contributed by atoms with van der Waals surface area (Å²) in [4.78, 5) is 24.3. The van der Waals surface area contributed by atoms with Crippen LogP contribution in [0, 0.1) is 0 Å². The normalized spacial score (nSPS) is 11.6. The Bertz CT molecular complexity index is 745. The second-order valence-corrected chi connectivity index (χ2v) is 6.22. The van der Waals surface area contributed by atoms with E-state index in [4.69, 9.17) is 14.2 Å². The minimum absolute atomic E-state index is 0.0288. The third kappa shape index (κ3) is 6.66. The Morgan fingerprint density at radius 3 is 2.22 bits per heavy atom. The Kier molecular flexibility index (Phi) is 7.67. The zero-order chi connectivity index (χ0) is 19.6. The fraction of sp³-hybridized carbons (Fsp3) is 0.333. The van der Waals surface area contributed by atoms with Crippen molar-refractivity contribution < 1.29 is 23.8 Å². The molecular formula is C21H25NO5. The van der Waals surface area contributed by atoms with E-state index in [-0.39, 0.29) is 24.1 Å². The maximum Gasteiger partial charge on any atom is 0.342 e. The fourth-order valence-electron chi connectivity index (χ4n) is 2.27. The molecule has 1 amide bonds. The van der Waals surface area contributed by atoms with Crippen molar-refractivity contribution in [2.45, 2.75) is 32.9 Å². The van der Waals surface area contributed by atoms with Crippen molar-refractivity contribution in [3.8, 4) is 11.5 Å². The molecule has 6 nitrogen and oxygen atoms in total. The quantitative estimate of drug-likeness (QED) is 0.541. The number of para-hydroxylation sites is 2. The second-order valence-electron chi connectivity index (χ2n) is 6.22. The van der Waals surface area contributed by atoms with Gasteiger partial charge in [-0.05, 0) is 45.0 Å². The number of ether oxygens (including phenoxy) is 3. The van der Waals surface area contributed by atoms with Crippen LogP contribution < -0.4 is 14.8 Å². The van der Waals surface area contributed by atoms with E-state index < -0.39 is 12.1 Å². The first kappa shape index (κ1) is 20.3. The van der Waals surface area contributed by atoms with Gasteiger partial charge in [0, 0.05) is 6.04 Å². The molecule has 0 spiro atoms. The third-order valence-electron chi connectivity index (χ3n) is 3.54. The minimum Gasteiger partial charge on any atom is -0.490 e. The van der Waals surface area contributed by atoms with Crippen molar-refractivity contribution in [3.05, 3.63) is 60.2 Å². The molecule has 0 saturated heterocycles. The van der Waals surface area contributed by atoms with Gasteiger partial charge in [-0.15, -0.1) is 0 Å². The lowest BCUT2D eigenvalue weighted by molar-refractivity contribution is -0.129. The van der Waals surface area contributed by atoms with E-state index >= 15 is 0 Å². The first-order valence-electron chi connectivity index (χ1n) is 8.88. The predicted molar refractivity (Wildman–Crippen MR) is 102 cm³/mol. The Balaban J connectivity index is 1.90. The lowest BCUT2D eigenvalue weighted by Gasteiger charge is -2.16. The summed E-state index contributed by atoms with van der Waals surface area (Å²) >= 11 is 0. The van der Waals surface area contributed by atoms with Gasteiger partial charge in [0.25, 0.3) is 5.91 Å². The number of hydrogen-bond donors (Lipinski definition) is 1. The first-order chi connectivity index (χ1) is 13.0. The van der Waals surface area contributed by atoms with Crippen LogP contribution in [0.5, 0.6) is 11.5 Å². The van der Waals surface area contributed by atoms with Gasteiger partial charge >= 0.3 is 5.97 Å². The van der Waals surface area contributed by atoms with Crippen LogP contribution in [-0.4, -0.2) is 37.2 Å². The van der Waals surface area contributed by atoms with E-state index in [1.54, 1.807) is 24.3 Å². The fourth-order valence-corrected chi connectivity index (χ4v) is 2.27. The first-order valence-corrected chi connectivity index (χ1v) is 8.88.